The van der Waals surface area contributed by atoms with Gasteiger partial charge in [-0.2, -0.15) is 0 Å². The lowest BCUT2D eigenvalue weighted by molar-refractivity contribution is 0.112. The Morgan fingerprint density at radius 1 is 1.42 bits per heavy atom. The number of aliphatic hydroxyl groups excluding tert-OH is 1. The zero-order chi connectivity index (χ0) is 13.7. The van der Waals surface area contributed by atoms with E-state index in [0.29, 0.717) is 6.04 Å². The number of nitrogens with zero attached hydrogens (tertiary/aromatic N) is 1. The van der Waals surface area contributed by atoms with Gasteiger partial charge in [0.1, 0.15) is 5.75 Å². The number of ether oxygens (including phenoxy) is 1. The van der Waals surface area contributed by atoms with Crippen LogP contribution < -0.4 is 4.74 Å². The molecule has 1 atom stereocenters. The van der Waals surface area contributed by atoms with Crippen LogP contribution >= 0.6 is 15.9 Å². The summed E-state index contributed by atoms with van der Waals surface area (Å²) in [5.41, 5.74) is 1.25. The molecule has 1 N–H and O–H groups in total. The first-order chi connectivity index (χ1) is 9.24. The van der Waals surface area contributed by atoms with E-state index >= 15 is 0 Å². The summed E-state index contributed by atoms with van der Waals surface area (Å²) in [6, 6.07) is 6.61. The summed E-state index contributed by atoms with van der Waals surface area (Å²) in [4.78, 5) is 2.49. The maximum Gasteiger partial charge on any atom is 0.119 e. The lowest BCUT2D eigenvalue weighted by Crippen LogP contribution is -2.39. The number of likely N-dealkylation sites (tertiary alicyclic amines) is 1. The first-order valence-corrected chi connectivity index (χ1v) is 7.71. The molecule has 1 fully saturated rings. The predicted molar refractivity (Wildman–Crippen MR) is 80.4 cm³/mol. The fourth-order valence-electron chi connectivity index (χ4n) is 2.76. The molecule has 1 heterocycles. The van der Waals surface area contributed by atoms with Crippen LogP contribution in [0.3, 0.4) is 0 Å². The summed E-state index contributed by atoms with van der Waals surface area (Å²) in [6.07, 6.45) is 4.60. The van der Waals surface area contributed by atoms with Crippen LogP contribution in [0.4, 0.5) is 0 Å². The third-order valence-electron chi connectivity index (χ3n) is 3.84. The summed E-state index contributed by atoms with van der Waals surface area (Å²) >= 11 is 3.61. The molecule has 0 radical (unpaired) electrons. The van der Waals surface area contributed by atoms with Crippen LogP contribution in [0.2, 0.25) is 0 Å². The zero-order valence-corrected chi connectivity index (χ0v) is 13.0. The molecule has 1 unspecified atom stereocenters. The highest BCUT2D eigenvalue weighted by molar-refractivity contribution is 9.10. The van der Waals surface area contributed by atoms with Crippen molar-refractivity contribution in [2.75, 3.05) is 20.3 Å². The smallest absolute Gasteiger partial charge is 0.119 e. The second-order valence-electron chi connectivity index (χ2n) is 5.09. The van der Waals surface area contributed by atoms with Gasteiger partial charge in [0.05, 0.1) is 7.11 Å². The summed E-state index contributed by atoms with van der Waals surface area (Å²) in [7, 11) is 1.70. The minimum Gasteiger partial charge on any atom is -0.497 e. The molecule has 0 bridgehead atoms. The minimum atomic E-state index is 0.278. The number of rotatable bonds is 5. The first kappa shape index (κ1) is 14.8. The molecule has 0 aliphatic carbocycles. The van der Waals surface area contributed by atoms with Gasteiger partial charge < -0.3 is 9.84 Å². The highest BCUT2D eigenvalue weighted by Crippen LogP contribution is 2.27. The average molecular weight is 328 g/mol. The van der Waals surface area contributed by atoms with E-state index in [1.54, 1.807) is 7.11 Å². The minimum absolute atomic E-state index is 0.278. The first-order valence-electron chi connectivity index (χ1n) is 6.92. The van der Waals surface area contributed by atoms with Gasteiger partial charge in [0.15, 0.2) is 0 Å². The van der Waals surface area contributed by atoms with Crippen molar-refractivity contribution in [3.8, 4) is 5.75 Å². The molecule has 1 saturated heterocycles. The molecule has 3 nitrogen and oxygen atoms in total. The van der Waals surface area contributed by atoms with E-state index < -0.39 is 0 Å². The topological polar surface area (TPSA) is 32.7 Å². The number of aliphatic hydroxyl groups is 1. The van der Waals surface area contributed by atoms with Gasteiger partial charge in [0.2, 0.25) is 0 Å². The molecule has 4 heteroatoms. The number of benzene rings is 1. The Bertz CT molecular complexity index is 409. The Morgan fingerprint density at radius 2 is 2.26 bits per heavy atom. The maximum atomic E-state index is 9.18. The van der Waals surface area contributed by atoms with Crippen molar-refractivity contribution >= 4 is 15.9 Å². The molecule has 1 aromatic rings. The van der Waals surface area contributed by atoms with Crippen molar-refractivity contribution in [1.29, 1.82) is 0 Å². The highest BCUT2D eigenvalue weighted by atomic mass is 79.9. The van der Waals surface area contributed by atoms with E-state index in [0.717, 1.165) is 29.7 Å². The Labute approximate surface area is 123 Å². The SMILES string of the molecule is COc1ccc(Br)c(CN2CCCCC2CCO)c1. The number of hydrogen-bond acceptors (Lipinski definition) is 3. The van der Waals surface area contributed by atoms with Crippen LogP contribution in [0.25, 0.3) is 0 Å². The summed E-state index contributed by atoms with van der Waals surface area (Å²) in [6.45, 7) is 2.32. The number of halogens is 1. The highest BCUT2D eigenvalue weighted by Gasteiger charge is 2.22. The monoisotopic (exact) mass is 327 g/mol. The number of piperidine rings is 1. The van der Waals surface area contributed by atoms with Gasteiger partial charge in [-0.15, -0.1) is 0 Å². The largest absolute Gasteiger partial charge is 0.497 e. The Balaban J connectivity index is 2.09. The number of hydrogen-bond donors (Lipinski definition) is 1. The average Bonchev–Trinajstić information content (AvgIpc) is 2.43. The fraction of sp³-hybridized carbons (Fsp3) is 0.600. The molecule has 0 saturated carbocycles. The molecular formula is C15H22BrNO2. The van der Waals surface area contributed by atoms with Crippen LogP contribution in [0.5, 0.6) is 5.75 Å². The van der Waals surface area contributed by atoms with Crippen molar-refractivity contribution in [3.05, 3.63) is 28.2 Å². The van der Waals surface area contributed by atoms with E-state index in [4.69, 9.17) is 4.74 Å². The third kappa shape index (κ3) is 3.94. The molecule has 106 valence electrons. The van der Waals surface area contributed by atoms with Crippen LogP contribution in [-0.4, -0.2) is 36.3 Å². The van der Waals surface area contributed by atoms with Gasteiger partial charge in [-0.25, -0.2) is 0 Å². The Morgan fingerprint density at radius 3 is 3.00 bits per heavy atom. The van der Waals surface area contributed by atoms with E-state index in [1.807, 2.05) is 12.1 Å². The second-order valence-corrected chi connectivity index (χ2v) is 5.94. The van der Waals surface area contributed by atoms with Crippen molar-refractivity contribution in [2.24, 2.45) is 0 Å². The molecule has 19 heavy (non-hydrogen) atoms. The molecule has 0 spiro atoms. The molecule has 0 aromatic heterocycles. The number of methoxy groups -OCH3 is 1. The Kier molecular flexibility index (Phi) is 5.67. The molecule has 2 rings (SSSR count). The third-order valence-corrected chi connectivity index (χ3v) is 4.61. The fourth-order valence-corrected chi connectivity index (χ4v) is 3.13. The molecule has 0 amide bonds. The van der Waals surface area contributed by atoms with E-state index in [2.05, 4.69) is 26.9 Å². The van der Waals surface area contributed by atoms with Crippen LogP contribution in [0, 0.1) is 0 Å². The molecule has 1 aromatic carbocycles. The summed E-state index contributed by atoms with van der Waals surface area (Å²) in [5.74, 6) is 0.897. The summed E-state index contributed by atoms with van der Waals surface area (Å²) in [5, 5.41) is 9.18. The quantitative estimate of drug-likeness (QED) is 0.901. The van der Waals surface area contributed by atoms with Crippen LogP contribution in [0.1, 0.15) is 31.2 Å². The van der Waals surface area contributed by atoms with Crippen molar-refractivity contribution in [3.63, 3.8) is 0 Å². The van der Waals surface area contributed by atoms with Gasteiger partial charge >= 0.3 is 0 Å². The predicted octanol–water partition coefficient (Wildman–Crippen LogP) is 3.19. The van der Waals surface area contributed by atoms with Crippen LogP contribution in [0.15, 0.2) is 22.7 Å². The maximum absolute atomic E-state index is 9.18. The normalized spacial score (nSPS) is 20.5. The Hall–Kier alpha value is -0.580. The van der Waals surface area contributed by atoms with Gasteiger partial charge in [-0.05, 0) is 49.6 Å². The van der Waals surface area contributed by atoms with E-state index in [-0.39, 0.29) is 6.61 Å². The van der Waals surface area contributed by atoms with Gasteiger partial charge in [0, 0.05) is 23.7 Å². The van der Waals surface area contributed by atoms with E-state index in [1.165, 1.54) is 24.8 Å². The zero-order valence-electron chi connectivity index (χ0n) is 11.4. The lowest BCUT2D eigenvalue weighted by Gasteiger charge is -2.35. The van der Waals surface area contributed by atoms with Crippen molar-refractivity contribution < 1.29 is 9.84 Å². The second kappa shape index (κ2) is 7.27. The molecule has 1 aliphatic rings. The van der Waals surface area contributed by atoms with Gasteiger partial charge in [0.25, 0.3) is 0 Å². The standard InChI is InChI=1S/C15H22BrNO2/c1-19-14-5-6-15(16)12(10-14)11-17-8-3-2-4-13(17)7-9-18/h5-6,10,13,18H,2-4,7-9,11H2,1H3. The summed E-state index contributed by atoms with van der Waals surface area (Å²) < 4.78 is 6.42. The molecule has 1 aliphatic heterocycles. The van der Waals surface area contributed by atoms with Crippen molar-refractivity contribution in [1.82, 2.24) is 4.90 Å². The van der Waals surface area contributed by atoms with Gasteiger partial charge in [-0.1, -0.05) is 22.4 Å². The van der Waals surface area contributed by atoms with Gasteiger partial charge in [-0.3, -0.25) is 4.90 Å². The van der Waals surface area contributed by atoms with Crippen molar-refractivity contribution in [2.45, 2.75) is 38.3 Å². The van der Waals surface area contributed by atoms with Crippen LogP contribution in [-0.2, 0) is 6.54 Å². The van der Waals surface area contributed by atoms with E-state index in [9.17, 15) is 5.11 Å². The lowest BCUT2D eigenvalue weighted by atomic mass is 9.99. The molecular weight excluding hydrogens is 306 g/mol.